The van der Waals surface area contributed by atoms with Gasteiger partial charge in [0.1, 0.15) is 0 Å². The number of rotatable bonds is 4. The zero-order valence-corrected chi connectivity index (χ0v) is 14.8. The van der Waals surface area contributed by atoms with Crippen LogP contribution < -0.4 is 9.47 Å². The van der Waals surface area contributed by atoms with Gasteiger partial charge in [-0.2, -0.15) is 0 Å². The van der Waals surface area contributed by atoms with Gasteiger partial charge in [-0.15, -0.1) is 0 Å². The van der Waals surface area contributed by atoms with Crippen molar-refractivity contribution in [3.8, 4) is 22.6 Å². The van der Waals surface area contributed by atoms with Crippen LogP contribution in [0.2, 0.25) is 0 Å². The summed E-state index contributed by atoms with van der Waals surface area (Å²) in [7, 11) is 4.72. The summed E-state index contributed by atoms with van der Waals surface area (Å²) >= 11 is 0. The Morgan fingerprint density at radius 1 is 0.808 bits per heavy atom. The minimum Gasteiger partial charge on any atom is -0.493 e. The van der Waals surface area contributed by atoms with E-state index in [0.29, 0.717) is 22.8 Å². The Morgan fingerprint density at radius 3 is 2.35 bits per heavy atom. The minimum atomic E-state index is -0.110. The zero-order valence-electron chi connectivity index (χ0n) is 14.8. The molecule has 0 aliphatic heterocycles. The number of benzene rings is 3. The summed E-state index contributed by atoms with van der Waals surface area (Å²) in [5.41, 5.74) is 3.37. The average molecular weight is 346 g/mol. The van der Waals surface area contributed by atoms with Crippen molar-refractivity contribution >= 4 is 22.6 Å². The average Bonchev–Trinajstić information content (AvgIpc) is 2.69. The quantitative estimate of drug-likeness (QED) is 0.686. The normalized spacial score (nSPS) is 12.7. The van der Waals surface area contributed by atoms with Crippen LogP contribution >= 0.6 is 0 Å². The van der Waals surface area contributed by atoms with Gasteiger partial charge in [0.15, 0.2) is 17.3 Å². The van der Waals surface area contributed by atoms with Gasteiger partial charge < -0.3 is 14.2 Å². The van der Waals surface area contributed by atoms with E-state index in [1.54, 1.807) is 20.3 Å². The highest BCUT2D eigenvalue weighted by molar-refractivity contribution is 6.25. The maximum absolute atomic E-state index is 13.1. The van der Waals surface area contributed by atoms with Crippen molar-refractivity contribution in [2.75, 3.05) is 21.3 Å². The molecule has 0 bridgehead atoms. The van der Waals surface area contributed by atoms with E-state index in [1.807, 2.05) is 48.5 Å². The molecule has 3 aromatic rings. The molecule has 4 heteroatoms. The van der Waals surface area contributed by atoms with E-state index < -0.39 is 0 Å². The molecular formula is C22H18O4. The number of ketones is 1. The molecule has 0 radical (unpaired) electrons. The van der Waals surface area contributed by atoms with E-state index in [9.17, 15) is 4.79 Å². The zero-order chi connectivity index (χ0) is 18.3. The van der Waals surface area contributed by atoms with Crippen molar-refractivity contribution < 1.29 is 19.0 Å². The van der Waals surface area contributed by atoms with Gasteiger partial charge in [0, 0.05) is 10.9 Å². The number of hydrogen-bond acceptors (Lipinski definition) is 4. The molecule has 3 aromatic carbocycles. The van der Waals surface area contributed by atoms with Gasteiger partial charge in [0.2, 0.25) is 5.78 Å². The molecule has 0 amide bonds. The lowest BCUT2D eigenvalue weighted by molar-refractivity contribution is 0.0958. The summed E-state index contributed by atoms with van der Waals surface area (Å²) in [6.07, 6.45) is 1.80. The fraction of sp³-hybridized carbons (Fsp3) is 0.136. The number of allylic oxidation sites excluding steroid dienone is 1. The van der Waals surface area contributed by atoms with Crippen molar-refractivity contribution in [1.29, 1.82) is 0 Å². The first kappa shape index (κ1) is 16.2. The minimum absolute atomic E-state index is 0.110. The Morgan fingerprint density at radius 2 is 1.62 bits per heavy atom. The number of carbonyl (C=O) groups excluding carboxylic acids is 1. The molecule has 0 saturated carbocycles. The highest BCUT2D eigenvalue weighted by Crippen LogP contribution is 2.40. The van der Waals surface area contributed by atoms with E-state index >= 15 is 0 Å². The van der Waals surface area contributed by atoms with Gasteiger partial charge in [-0.3, -0.25) is 4.79 Å². The molecule has 130 valence electrons. The smallest absolute Gasteiger partial charge is 0.228 e. The van der Waals surface area contributed by atoms with Crippen molar-refractivity contribution in [2.24, 2.45) is 0 Å². The fourth-order valence-corrected chi connectivity index (χ4v) is 3.49. The third-order valence-electron chi connectivity index (χ3n) is 4.73. The van der Waals surface area contributed by atoms with Crippen LogP contribution in [0.4, 0.5) is 0 Å². The topological polar surface area (TPSA) is 44.8 Å². The third-order valence-corrected chi connectivity index (χ3v) is 4.73. The Hall–Kier alpha value is -3.27. The molecule has 0 atom stereocenters. The highest BCUT2D eigenvalue weighted by Gasteiger charge is 2.26. The van der Waals surface area contributed by atoms with Crippen molar-refractivity contribution in [1.82, 2.24) is 0 Å². The summed E-state index contributed by atoms with van der Waals surface area (Å²) in [6, 6.07) is 15.7. The first-order chi connectivity index (χ1) is 12.7. The van der Waals surface area contributed by atoms with Crippen LogP contribution in [0.3, 0.4) is 0 Å². The number of carbonyl (C=O) groups is 1. The third kappa shape index (κ3) is 2.34. The molecule has 0 N–H and O–H groups in total. The Kier molecular flexibility index (Phi) is 3.88. The first-order valence-corrected chi connectivity index (χ1v) is 8.26. The Bertz CT molecular complexity index is 1060. The van der Waals surface area contributed by atoms with Gasteiger partial charge in [-0.25, -0.2) is 0 Å². The standard InChI is InChI=1S/C22H18O4/c1-24-17-10-8-14(11-18(17)25-2)16-9-7-13-5-4-6-15-12-19(26-3)22(23)21(16)20(13)15/h4-12H,1-3H3. The molecule has 0 unspecified atom stereocenters. The van der Waals surface area contributed by atoms with E-state index in [4.69, 9.17) is 14.2 Å². The lowest BCUT2D eigenvalue weighted by Crippen LogP contribution is -2.12. The van der Waals surface area contributed by atoms with Crippen molar-refractivity contribution in [3.63, 3.8) is 0 Å². The van der Waals surface area contributed by atoms with Crippen LogP contribution in [-0.2, 0) is 4.74 Å². The van der Waals surface area contributed by atoms with Gasteiger partial charge in [0.25, 0.3) is 0 Å². The maximum atomic E-state index is 13.1. The molecular weight excluding hydrogens is 328 g/mol. The molecule has 0 heterocycles. The van der Waals surface area contributed by atoms with E-state index in [2.05, 4.69) is 0 Å². The Labute approximate surface area is 151 Å². The van der Waals surface area contributed by atoms with Crippen LogP contribution in [0.25, 0.3) is 28.0 Å². The molecule has 0 fully saturated rings. The van der Waals surface area contributed by atoms with Crippen LogP contribution in [0, 0.1) is 0 Å². The number of hydrogen-bond donors (Lipinski definition) is 0. The first-order valence-electron chi connectivity index (χ1n) is 8.26. The van der Waals surface area contributed by atoms with E-state index in [0.717, 1.165) is 27.5 Å². The molecule has 0 spiro atoms. The lowest BCUT2D eigenvalue weighted by Gasteiger charge is -2.20. The maximum Gasteiger partial charge on any atom is 0.228 e. The SMILES string of the molecule is COC1=Cc2cccc3ccc(-c4ccc(OC)c(OC)c4)c(c23)C1=O. The van der Waals surface area contributed by atoms with Gasteiger partial charge >= 0.3 is 0 Å². The van der Waals surface area contributed by atoms with Crippen LogP contribution in [0.5, 0.6) is 11.5 Å². The molecule has 0 saturated heterocycles. The van der Waals surface area contributed by atoms with E-state index in [1.165, 1.54) is 7.11 Å². The second-order valence-corrected chi connectivity index (χ2v) is 6.05. The number of methoxy groups -OCH3 is 3. The molecule has 0 aromatic heterocycles. The second kappa shape index (κ2) is 6.23. The lowest BCUT2D eigenvalue weighted by atomic mass is 9.85. The summed E-state index contributed by atoms with van der Waals surface area (Å²) in [4.78, 5) is 13.1. The van der Waals surface area contributed by atoms with Gasteiger partial charge in [-0.1, -0.05) is 36.4 Å². The number of Topliss-reactive ketones (excluding diaryl/α,β-unsaturated/α-hetero) is 1. The molecule has 1 aliphatic carbocycles. The van der Waals surface area contributed by atoms with Gasteiger partial charge in [-0.05, 0) is 40.3 Å². The monoisotopic (exact) mass is 346 g/mol. The summed E-state index contributed by atoms with van der Waals surface area (Å²) < 4.78 is 16.1. The molecule has 4 rings (SSSR count). The van der Waals surface area contributed by atoms with Crippen molar-refractivity contribution in [3.05, 3.63) is 65.4 Å². The molecule has 26 heavy (non-hydrogen) atoms. The number of ether oxygens (including phenoxy) is 3. The second-order valence-electron chi connectivity index (χ2n) is 6.05. The Balaban J connectivity index is 2.02. The molecule has 4 nitrogen and oxygen atoms in total. The fourth-order valence-electron chi connectivity index (χ4n) is 3.49. The predicted octanol–water partition coefficient (Wildman–Crippen LogP) is 4.71. The summed E-state index contributed by atoms with van der Waals surface area (Å²) in [5.74, 6) is 1.51. The predicted molar refractivity (Wildman–Crippen MR) is 102 cm³/mol. The van der Waals surface area contributed by atoms with E-state index in [-0.39, 0.29) is 5.78 Å². The van der Waals surface area contributed by atoms with Crippen LogP contribution in [0.15, 0.2) is 54.3 Å². The van der Waals surface area contributed by atoms with Gasteiger partial charge in [0.05, 0.1) is 21.3 Å². The highest BCUT2D eigenvalue weighted by atomic mass is 16.5. The largest absolute Gasteiger partial charge is 0.493 e. The summed E-state index contributed by atoms with van der Waals surface area (Å²) in [5, 5.41) is 1.98. The summed E-state index contributed by atoms with van der Waals surface area (Å²) in [6.45, 7) is 0. The van der Waals surface area contributed by atoms with Crippen LogP contribution in [0.1, 0.15) is 15.9 Å². The molecule has 1 aliphatic rings. The van der Waals surface area contributed by atoms with Crippen molar-refractivity contribution in [2.45, 2.75) is 0 Å². The van der Waals surface area contributed by atoms with Crippen LogP contribution in [-0.4, -0.2) is 27.1 Å².